The number of unbranched alkanes of at least 4 members (excludes halogenated alkanes) is 2. The lowest BCUT2D eigenvalue weighted by Gasteiger charge is -2.26. The smallest absolute Gasteiger partial charge is 0.321 e. The van der Waals surface area contributed by atoms with Gasteiger partial charge in [0.2, 0.25) is 0 Å². The summed E-state index contributed by atoms with van der Waals surface area (Å²) in [5, 5.41) is 0. The summed E-state index contributed by atoms with van der Waals surface area (Å²) in [6.45, 7) is 9.00. The minimum absolute atomic E-state index is 0.0896. The van der Waals surface area contributed by atoms with E-state index in [1.54, 1.807) is 6.92 Å². The van der Waals surface area contributed by atoms with E-state index in [2.05, 4.69) is 20.8 Å². The Hall–Kier alpha value is -1.97. The molecule has 0 bridgehead atoms. The zero-order valence-corrected chi connectivity index (χ0v) is 21.9. The fraction of sp³-hybridized carbons (Fsp3) is 0.700. The van der Waals surface area contributed by atoms with Crippen LogP contribution in [0.1, 0.15) is 116 Å². The van der Waals surface area contributed by atoms with Gasteiger partial charge in [0, 0.05) is 18.8 Å². The van der Waals surface area contributed by atoms with Crippen molar-refractivity contribution in [3.05, 3.63) is 35.9 Å². The maximum absolute atomic E-state index is 12.9. The molecular formula is C30H46O4. The van der Waals surface area contributed by atoms with E-state index in [0.717, 1.165) is 25.7 Å². The van der Waals surface area contributed by atoms with Gasteiger partial charge in [-0.1, -0.05) is 76.8 Å². The Balaban J connectivity index is 1.81. The molecule has 0 saturated heterocycles. The normalized spacial score (nSPS) is 19.2. The van der Waals surface area contributed by atoms with E-state index in [0.29, 0.717) is 41.9 Å². The monoisotopic (exact) mass is 470 g/mol. The molecule has 0 aliphatic heterocycles. The van der Waals surface area contributed by atoms with Crippen LogP contribution in [0.4, 0.5) is 0 Å². The van der Waals surface area contributed by atoms with Crippen molar-refractivity contribution >= 4 is 17.5 Å². The standard InChI is InChI=1S/C30H46O4/c1-5-7-21-30(3,4)22-13-16-23-19-20-26(31)25(23)17-11-12-18-27(32)28(29(33)34-6-2)24-14-9-8-10-15-24/h8-10,14-15,23,25,28H,5-7,11-13,16-22H2,1-4H3/t23-,25+,28?/m0/s1. The molecule has 3 atom stereocenters. The largest absolute Gasteiger partial charge is 0.465 e. The molecule has 1 aromatic carbocycles. The molecule has 1 aromatic rings. The molecule has 1 saturated carbocycles. The molecule has 0 spiro atoms. The number of rotatable bonds is 16. The van der Waals surface area contributed by atoms with Crippen molar-refractivity contribution in [2.45, 2.75) is 111 Å². The summed E-state index contributed by atoms with van der Waals surface area (Å²) in [5.41, 5.74) is 1.08. The first kappa shape index (κ1) is 28.3. The van der Waals surface area contributed by atoms with Gasteiger partial charge in [-0.25, -0.2) is 0 Å². The average Bonchev–Trinajstić information content (AvgIpc) is 3.15. The molecule has 1 aliphatic rings. The van der Waals surface area contributed by atoms with Crippen molar-refractivity contribution in [3.8, 4) is 0 Å². The summed E-state index contributed by atoms with van der Waals surface area (Å²) >= 11 is 0. The Morgan fingerprint density at radius 2 is 1.71 bits per heavy atom. The molecule has 0 amide bonds. The molecule has 0 N–H and O–H groups in total. The van der Waals surface area contributed by atoms with E-state index in [1.807, 2.05) is 30.3 Å². The Labute approximate surface area is 207 Å². The highest BCUT2D eigenvalue weighted by Crippen LogP contribution is 2.38. The van der Waals surface area contributed by atoms with E-state index < -0.39 is 11.9 Å². The first-order chi connectivity index (χ1) is 16.3. The second-order valence-electron chi connectivity index (χ2n) is 10.8. The van der Waals surface area contributed by atoms with E-state index in [4.69, 9.17) is 4.74 Å². The Kier molecular flexibility index (Phi) is 12.0. The number of Topliss-reactive ketones (excluding diaryl/α,β-unsaturated/α-hetero) is 2. The van der Waals surface area contributed by atoms with E-state index in [1.165, 1.54) is 32.1 Å². The van der Waals surface area contributed by atoms with Gasteiger partial charge in [0.1, 0.15) is 11.7 Å². The van der Waals surface area contributed by atoms with Gasteiger partial charge in [-0.05, 0) is 62.3 Å². The molecule has 4 nitrogen and oxygen atoms in total. The van der Waals surface area contributed by atoms with Crippen molar-refractivity contribution in [1.82, 2.24) is 0 Å². The van der Waals surface area contributed by atoms with Crippen LogP contribution in [-0.4, -0.2) is 24.1 Å². The lowest BCUT2D eigenvalue weighted by molar-refractivity contribution is -0.148. The molecule has 190 valence electrons. The minimum atomic E-state index is -0.849. The third kappa shape index (κ3) is 9.00. The fourth-order valence-electron chi connectivity index (χ4n) is 5.47. The number of hydrogen-bond acceptors (Lipinski definition) is 4. The second-order valence-corrected chi connectivity index (χ2v) is 10.8. The topological polar surface area (TPSA) is 60.4 Å². The summed E-state index contributed by atoms with van der Waals surface area (Å²) in [4.78, 5) is 37.9. The molecule has 34 heavy (non-hydrogen) atoms. The average molecular weight is 471 g/mol. The highest BCUT2D eigenvalue weighted by molar-refractivity contribution is 6.04. The molecule has 0 radical (unpaired) electrons. The molecule has 0 heterocycles. The van der Waals surface area contributed by atoms with Crippen LogP contribution in [-0.2, 0) is 19.1 Å². The van der Waals surface area contributed by atoms with Crippen molar-refractivity contribution in [2.75, 3.05) is 6.61 Å². The predicted molar refractivity (Wildman–Crippen MR) is 138 cm³/mol. The highest BCUT2D eigenvalue weighted by Gasteiger charge is 2.34. The molecular weight excluding hydrogens is 424 g/mol. The molecule has 1 fully saturated rings. The number of ether oxygens (including phenoxy) is 1. The van der Waals surface area contributed by atoms with Gasteiger partial charge in [0.05, 0.1) is 6.61 Å². The molecule has 1 unspecified atom stereocenters. The summed E-state index contributed by atoms with van der Waals surface area (Å²) in [5.74, 6) is -0.334. The SMILES string of the molecule is CCCCC(C)(C)CCC[C@H]1CCC(=O)[C@@H]1CCCCC(=O)C(C(=O)OCC)c1ccccc1. The van der Waals surface area contributed by atoms with Crippen LogP contribution in [0.3, 0.4) is 0 Å². The van der Waals surface area contributed by atoms with Crippen LogP contribution >= 0.6 is 0 Å². The van der Waals surface area contributed by atoms with Gasteiger partial charge in [0.15, 0.2) is 5.78 Å². The van der Waals surface area contributed by atoms with Crippen molar-refractivity contribution in [3.63, 3.8) is 0 Å². The van der Waals surface area contributed by atoms with E-state index in [-0.39, 0.29) is 18.3 Å². The summed E-state index contributed by atoms with van der Waals surface area (Å²) < 4.78 is 5.17. The quantitative estimate of drug-likeness (QED) is 0.143. The number of carbonyl (C=O) groups is 3. The third-order valence-electron chi connectivity index (χ3n) is 7.55. The van der Waals surface area contributed by atoms with Crippen LogP contribution in [0.2, 0.25) is 0 Å². The summed E-state index contributed by atoms with van der Waals surface area (Å²) in [6, 6.07) is 9.17. The Morgan fingerprint density at radius 3 is 2.38 bits per heavy atom. The van der Waals surface area contributed by atoms with Gasteiger partial charge in [-0.3, -0.25) is 14.4 Å². The second kappa shape index (κ2) is 14.4. The van der Waals surface area contributed by atoms with Crippen LogP contribution in [0.5, 0.6) is 0 Å². The van der Waals surface area contributed by atoms with Crippen molar-refractivity contribution < 1.29 is 19.1 Å². The Morgan fingerprint density at radius 1 is 1.00 bits per heavy atom. The van der Waals surface area contributed by atoms with Gasteiger partial charge in [-0.2, -0.15) is 0 Å². The summed E-state index contributed by atoms with van der Waals surface area (Å²) in [7, 11) is 0. The number of esters is 1. The zero-order chi connectivity index (χ0) is 25.0. The lowest BCUT2D eigenvalue weighted by atomic mass is 9.79. The van der Waals surface area contributed by atoms with Crippen LogP contribution in [0.25, 0.3) is 0 Å². The van der Waals surface area contributed by atoms with Crippen LogP contribution in [0, 0.1) is 17.3 Å². The van der Waals surface area contributed by atoms with Crippen molar-refractivity contribution in [2.24, 2.45) is 17.3 Å². The summed E-state index contributed by atoms with van der Waals surface area (Å²) in [6.07, 6.45) is 11.9. The van der Waals surface area contributed by atoms with Crippen LogP contribution < -0.4 is 0 Å². The maximum atomic E-state index is 12.9. The van der Waals surface area contributed by atoms with Crippen molar-refractivity contribution in [1.29, 1.82) is 0 Å². The number of ketones is 2. The third-order valence-corrected chi connectivity index (χ3v) is 7.55. The van der Waals surface area contributed by atoms with Gasteiger partial charge in [-0.15, -0.1) is 0 Å². The molecule has 0 aromatic heterocycles. The Bertz CT molecular complexity index is 767. The minimum Gasteiger partial charge on any atom is -0.465 e. The molecule has 2 rings (SSSR count). The highest BCUT2D eigenvalue weighted by atomic mass is 16.5. The molecule has 1 aliphatic carbocycles. The maximum Gasteiger partial charge on any atom is 0.321 e. The number of hydrogen-bond donors (Lipinski definition) is 0. The lowest BCUT2D eigenvalue weighted by Crippen LogP contribution is -2.24. The van der Waals surface area contributed by atoms with Crippen LogP contribution in [0.15, 0.2) is 30.3 Å². The number of carbonyl (C=O) groups excluding carboxylic acids is 3. The fourth-order valence-corrected chi connectivity index (χ4v) is 5.47. The van der Waals surface area contributed by atoms with E-state index in [9.17, 15) is 14.4 Å². The number of benzene rings is 1. The van der Waals surface area contributed by atoms with Gasteiger partial charge >= 0.3 is 5.97 Å². The van der Waals surface area contributed by atoms with Gasteiger partial charge in [0.25, 0.3) is 0 Å². The molecule has 4 heteroatoms. The first-order valence-electron chi connectivity index (χ1n) is 13.6. The first-order valence-corrected chi connectivity index (χ1v) is 13.6. The predicted octanol–water partition coefficient (Wildman–Crippen LogP) is 7.44. The van der Waals surface area contributed by atoms with E-state index >= 15 is 0 Å². The zero-order valence-electron chi connectivity index (χ0n) is 21.9. The van der Waals surface area contributed by atoms with Gasteiger partial charge < -0.3 is 4.74 Å².